The molecule has 1 rings (SSSR count). The zero-order valence-electron chi connectivity index (χ0n) is 7.88. The van der Waals surface area contributed by atoms with Gasteiger partial charge in [-0.25, -0.2) is 4.39 Å². The Morgan fingerprint density at radius 2 is 2.29 bits per heavy atom. The summed E-state index contributed by atoms with van der Waals surface area (Å²) in [5, 5.41) is 11.4. The van der Waals surface area contributed by atoms with Crippen molar-refractivity contribution in [3.05, 3.63) is 24.0 Å². The third-order valence-corrected chi connectivity index (χ3v) is 1.71. The van der Waals surface area contributed by atoms with Crippen LogP contribution in [0, 0.1) is 5.82 Å². The summed E-state index contributed by atoms with van der Waals surface area (Å²) < 4.78 is 12.8. The molecule has 2 N–H and O–H groups in total. The van der Waals surface area contributed by atoms with Crippen molar-refractivity contribution in [3.8, 4) is 5.75 Å². The standard InChI is InChI=1S/C10H12FNO2/c1-2-3-10(14)12-7-4-5-9(13)8(11)6-7/h4-6,13H,2-3H2,1H3,(H,12,14). The minimum absolute atomic E-state index is 0.155. The smallest absolute Gasteiger partial charge is 0.224 e. The minimum Gasteiger partial charge on any atom is -0.505 e. The van der Waals surface area contributed by atoms with Gasteiger partial charge in [-0.15, -0.1) is 0 Å². The molecule has 0 aliphatic carbocycles. The zero-order chi connectivity index (χ0) is 10.6. The molecule has 0 spiro atoms. The van der Waals surface area contributed by atoms with Gasteiger partial charge >= 0.3 is 0 Å². The Hall–Kier alpha value is -1.58. The molecule has 1 aromatic rings. The van der Waals surface area contributed by atoms with Gasteiger partial charge in [0.05, 0.1) is 0 Å². The number of amides is 1. The molecule has 0 heterocycles. The molecule has 4 heteroatoms. The highest BCUT2D eigenvalue weighted by Gasteiger charge is 2.04. The lowest BCUT2D eigenvalue weighted by atomic mass is 10.2. The molecule has 76 valence electrons. The van der Waals surface area contributed by atoms with Crippen LogP contribution in [0.2, 0.25) is 0 Å². The SMILES string of the molecule is CCCC(=O)Nc1ccc(O)c(F)c1. The molecule has 14 heavy (non-hydrogen) atoms. The molecule has 0 bridgehead atoms. The van der Waals surface area contributed by atoms with Crippen LogP contribution in [-0.2, 0) is 4.79 Å². The first-order valence-electron chi connectivity index (χ1n) is 4.42. The predicted molar refractivity (Wildman–Crippen MR) is 51.6 cm³/mol. The van der Waals surface area contributed by atoms with Gasteiger partial charge in [-0.05, 0) is 18.6 Å². The van der Waals surface area contributed by atoms with Crippen molar-refractivity contribution >= 4 is 11.6 Å². The summed E-state index contributed by atoms with van der Waals surface area (Å²) in [6, 6.07) is 3.74. The summed E-state index contributed by atoms with van der Waals surface area (Å²) in [4.78, 5) is 11.1. The van der Waals surface area contributed by atoms with Crippen molar-refractivity contribution in [2.45, 2.75) is 19.8 Å². The van der Waals surface area contributed by atoms with E-state index >= 15 is 0 Å². The van der Waals surface area contributed by atoms with Gasteiger partial charge in [-0.1, -0.05) is 6.92 Å². The summed E-state index contributed by atoms with van der Waals surface area (Å²) in [5.41, 5.74) is 0.360. The predicted octanol–water partition coefficient (Wildman–Crippen LogP) is 2.27. The fourth-order valence-corrected chi connectivity index (χ4v) is 1.04. The molecule has 3 nitrogen and oxygen atoms in total. The molecule has 0 aliphatic heterocycles. The summed E-state index contributed by atoms with van der Waals surface area (Å²) in [5.74, 6) is -1.31. The summed E-state index contributed by atoms with van der Waals surface area (Å²) in [6.45, 7) is 1.89. The maximum Gasteiger partial charge on any atom is 0.224 e. The minimum atomic E-state index is -0.737. The third-order valence-electron chi connectivity index (χ3n) is 1.71. The van der Waals surface area contributed by atoms with E-state index in [1.54, 1.807) is 0 Å². The van der Waals surface area contributed by atoms with Crippen LogP contribution < -0.4 is 5.32 Å². The molecule has 0 saturated carbocycles. The Kier molecular flexibility index (Phi) is 3.45. The van der Waals surface area contributed by atoms with E-state index in [-0.39, 0.29) is 5.91 Å². The van der Waals surface area contributed by atoms with Crippen LogP contribution in [0.3, 0.4) is 0 Å². The number of hydrogen-bond donors (Lipinski definition) is 2. The average molecular weight is 197 g/mol. The average Bonchev–Trinajstić information content (AvgIpc) is 2.12. The Morgan fingerprint density at radius 1 is 1.57 bits per heavy atom. The zero-order valence-corrected chi connectivity index (χ0v) is 7.88. The maximum absolute atomic E-state index is 12.8. The number of phenolic OH excluding ortho intramolecular Hbond substituents is 1. The lowest BCUT2D eigenvalue weighted by Crippen LogP contribution is -2.10. The number of benzene rings is 1. The van der Waals surface area contributed by atoms with E-state index in [4.69, 9.17) is 5.11 Å². The fourth-order valence-electron chi connectivity index (χ4n) is 1.04. The van der Waals surface area contributed by atoms with E-state index in [2.05, 4.69) is 5.32 Å². The number of nitrogens with one attached hydrogen (secondary N) is 1. The van der Waals surface area contributed by atoms with Crippen molar-refractivity contribution in [1.29, 1.82) is 0 Å². The van der Waals surface area contributed by atoms with Gasteiger partial charge in [-0.2, -0.15) is 0 Å². The molecule has 0 atom stereocenters. The number of halogens is 1. The van der Waals surface area contributed by atoms with Gasteiger partial charge < -0.3 is 10.4 Å². The second kappa shape index (κ2) is 4.60. The van der Waals surface area contributed by atoms with E-state index < -0.39 is 11.6 Å². The Morgan fingerprint density at radius 3 is 2.86 bits per heavy atom. The number of anilines is 1. The summed E-state index contributed by atoms with van der Waals surface area (Å²) >= 11 is 0. The second-order valence-corrected chi connectivity index (χ2v) is 2.96. The first kappa shape index (κ1) is 10.5. The number of hydrogen-bond acceptors (Lipinski definition) is 2. The highest BCUT2D eigenvalue weighted by molar-refractivity contribution is 5.90. The third kappa shape index (κ3) is 2.73. The lowest BCUT2D eigenvalue weighted by Gasteiger charge is -2.04. The van der Waals surface area contributed by atoms with E-state index in [1.807, 2.05) is 6.92 Å². The molecule has 1 amide bonds. The van der Waals surface area contributed by atoms with Gasteiger partial charge in [0.25, 0.3) is 0 Å². The Balaban J connectivity index is 2.68. The van der Waals surface area contributed by atoms with Crippen molar-refractivity contribution in [2.75, 3.05) is 5.32 Å². The van der Waals surface area contributed by atoms with Crippen LogP contribution in [-0.4, -0.2) is 11.0 Å². The van der Waals surface area contributed by atoms with E-state index in [9.17, 15) is 9.18 Å². The van der Waals surface area contributed by atoms with E-state index in [0.717, 1.165) is 12.5 Å². The number of aromatic hydroxyl groups is 1. The van der Waals surface area contributed by atoms with Crippen LogP contribution >= 0.6 is 0 Å². The van der Waals surface area contributed by atoms with Crippen LogP contribution in [0.25, 0.3) is 0 Å². The Labute approximate surface area is 81.6 Å². The van der Waals surface area contributed by atoms with Gasteiger partial charge in [0.2, 0.25) is 5.91 Å². The first-order chi connectivity index (χ1) is 6.63. The van der Waals surface area contributed by atoms with E-state index in [1.165, 1.54) is 12.1 Å². The summed E-state index contributed by atoms with van der Waals surface area (Å²) in [7, 11) is 0. The van der Waals surface area contributed by atoms with E-state index in [0.29, 0.717) is 12.1 Å². The molecular weight excluding hydrogens is 185 g/mol. The fraction of sp³-hybridized carbons (Fsp3) is 0.300. The van der Waals surface area contributed by atoms with Crippen molar-refractivity contribution in [3.63, 3.8) is 0 Å². The van der Waals surface area contributed by atoms with Crippen LogP contribution in [0.15, 0.2) is 18.2 Å². The van der Waals surface area contributed by atoms with Crippen LogP contribution in [0.1, 0.15) is 19.8 Å². The Bertz CT molecular complexity index is 339. The number of carbonyl (C=O) groups excluding carboxylic acids is 1. The molecule has 0 saturated heterocycles. The monoisotopic (exact) mass is 197 g/mol. The molecule has 0 aliphatic rings. The molecular formula is C10H12FNO2. The molecule has 0 radical (unpaired) electrons. The topological polar surface area (TPSA) is 49.3 Å². The van der Waals surface area contributed by atoms with Gasteiger partial charge in [0, 0.05) is 18.2 Å². The lowest BCUT2D eigenvalue weighted by molar-refractivity contribution is -0.116. The summed E-state index contributed by atoms with van der Waals surface area (Å²) in [6.07, 6.45) is 1.15. The molecule has 0 fully saturated rings. The maximum atomic E-state index is 12.8. The van der Waals surface area contributed by atoms with Crippen LogP contribution in [0.4, 0.5) is 10.1 Å². The molecule has 1 aromatic carbocycles. The normalized spacial score (nSPS) is 9.86. The highest BCUT2D eigenvalue weighted by Crippen LogP contribution is 2.19. The quantitative estimate of drug-likeness (QED) is 0.730. The first-order valence-corrected chi connectivity index (χ1v) is 4.42. The van der Waals surface area contributed by atoms with Gasteiger partial charge in [0.1, 0.15) is 0 Å². The number of carbonyl (C=O) groups is 1. The van der Waals surface area contributed by atoms with Crippen molar-refractivity contribution in [2.24, 2.45) is 0 Å². The number of phenols is 1. The van der Waals surface area contributed by atoms with Gasteiger partial charge in [-0.3, -0.25) is 4.79 Å². The van der Waals surface area contributed by atoms with Crippen molar-refractivity contribution in [1.82, 2.24) is 0 Å². The molecule has 0 aromatic heterocycles. The highest BCUT2D eigenvalue weighted by atomic mass is 19.1. The molecule has 0 unspecified atom stereocenters. The van der Waals surface area contributed by atoms with Crippen molar-refractivity contribution < 1.29 is 14.3 Å². The number of rotatable bonds is 3. The van der Waals surface area contributed by atoms with Crippen LogP contribution in [0.5, 0.6) is 5.75 Å². The second-order valence-electron chi connectivity index (χ2n) is 2.96. The largest absolute Gasteiger partial charge is 0.505 e. The van der Waals surface area contributed by atoms with Gasteiger partial charge in [0.15, 0.2) is 11.6 Å².